The van der Waals surface area contributed by atoms with Crippen LogP contribution in [0.3, 0.4) is 0 Å². The van der Waals surface area contributed by atoms with Gasteiger partial charge in [0.2, 0.25) is 5.91 Å². The molecule has 186 valence electrons. The number of amides is 1. The molecule has 3 aliphatic rings. The third-order valence-electron chi connectivity index (χ3n) is 7.52. The molecule has 6 rings (SSSR count). The molecule has 2 atom stereocenters. The van der Waals surface area contributed by atoms with Gasteiger partial charge >= 0.3 is 5.97 Å². The van der Waals surface area contributed by atoms with E-state index in [1.165, 1.54) is 10.6 Å². The van der Waals surface area contributed by atoms with Gasteiger partial charge in [0.25, 0.3) is 5.56 Å². The lowest BCUT2D eigenvalue weighted by Crippen LogP contribution is -2.44. The van der Waals surface area contributed by atoms with Crippen LogP contribution in [0.1, 0.15) is 53.6 Å². The molecule has 9 nitrogen and oxygen atoms in total. The zero-order valence-electron chi connectivity index (χ0n) is 19.2. The second-order valence-corrected chi connectivity index (χ2v) is 10.1. The topological polar surface area (TPSA) is 131 Å². The van der Waals surface area contributed by atoms with Crippen molar-refractivity contribution in [3.63, 3.8) is 0 Å². The van der Waals surface area contributed by atoms with Gasteiger partial charge in [-0.05, 0) is 52.4 Å². The van der Waals surface area contributed by atoms with Crippen LogP contribution in [0.5, 0.6) is 0 Å². The summed E-state index contributed by atoms with van der Waals surface area (Å²) >= 11 is 3.35. The van der Waals surface area contributed by atoms with Gasteiger partial charge < -0.3 is 24.8 Å². The molecule has 0 unspecified atom stereocenters. The van der Waals surface area contributed by atoms with Crippen LogP contribution in [0.2, 0.25) is 0 Å². The maximum absolute atomic E-state index is 14.8. The van der Waals surface area contributed by atoms with E-state index in [1.807, 2.05) is 0 Å². The lowest BCUT2D eigenvalue weighted by atomic mass is 9.83. The van der Waals surface area contributed by atoms with Gasteiger partial charge in [-0.15, -0.1) is 0 Å². The predicted octanol–water partition coefficient (Wildman–Crippen LogP) is 2.08. The number of aryl methyl sites for hydroxylation is 1. The van der Waals surface area contributed by atoms with Crippen molar-refractivity contribution in [2.45, 2.75) is 51.0 Å². The minimum absolute atomic E-state index is 0.0167. The fourth-order valence-corrected chi connectivity index (χ4v) is 6.25. The van der Waals surface area contributed by atoms with Crippen molar-refractivity contribution < 1.29 is 28.9 Å². The number of carbonyl (C=O) groups is 2. The number of hydrogen-bond donors (Lipinski definition) is 3. The average molecular weight is 558 g/mol. The van der Waals surface area contributed by atoms with Crippen LogP contribution in [0.15, 0.2) is 21.4 Å². The Hall–Kier alpha value is -3.15. The molecule has 36 heavy (non-hydrogen) atoms. The minimum Gasteiger partial charge on any atom is -0.458 e. The Morgan fingerprint density at radius 2 is 2.11 bits per heavy atom. The number of nitrogens with zero attached hydrogens (tertiary/aromatic N) is 2. The zero-order valence-corrected chi connectivity index (χ0v) is 20.7. The van der Waals surface area contributed by atoms with E-state index in [0.29, 0.717) is 45.2 Å². The first-order valence-corrected chi connectivity index (χ1v) is 12.4. The molecule has 0 bridgehead atoms. The highest BCUT2D eigenvalue weighted by Crippen LogP contribution is 2.46. The molecule has 2 aromatic heterocycles. The number of pyridine rings is 2. The fraction of sp³-hybridized carbons (Fsp3) is 0.360. The van der Waals surface area contributed by atoms with E-state index in [0.717, 1.165) is 11.1 Å². The number of hydrogen-bond acceptors (Lipinski definition) is 7. The van der Waals surface area contributed by atoms with Gasteiger partial charge in [0.05, 0.1) is 39.5 Å². The number of carbonyl (C=O) groups excluding carboxylic acids is 2. The van der Waals surface area contributed by atoms with Crippen molar-refractivity contribution in [2.75, 3.05) is 6.61 Å². The van der Waals surface area contributed by atoms with E-state index in [9.17, 15) is 29.0 Å². The maximum Gasteiger partial charge on any atom is 0.343 e. The second-order valence-electron chi connectivity index (χ2n) is 9.32. The summed E-state index contributed by atoms with van der Waals surface area (Å²) in [5, 5.41) is 24.0. The number of fused-ring (bicyclic) bond motifs is 5. The smallest absolute Gasteiger partial charge is 0.343 e. The average Bonchev–Trinajstić information content (AvgIpc) is 3.24. The van der Waals surface area contributed by atoms with Crippen molar-refractivity contribution in [2.24, 2.45) is 0 Å². The summed E-state index contributed by atoms with van der Waals surface area (Å²) in [4.78, 5) is 42.8. The Balaban J connectivity index is 1.66. The monoisotopic (exact) mass is 557 g/mol. The number of aliphatic hydroxyl groups is 2. The summed E-state index contributed by atoms with van der Waals surface area (Å²) in [5.74, 6) is -1.84. The largest absolute Gasteiger partial charge is 0.458 e. The number of esters is 1. The van der Waals surface area contributed by atoms with Crippen molar-refractivity contribution in [3.05, 3.63) is 60.6 Å². The number of halogens is 2. The highest BCUT2D eigenvalue weighted by molar-refractivity contribution is 9.10. The number of benzene rings is 1. The van der Waals surface area contributed by atoms with Crippen molar-refractivity contribution >= 4 is 38.7 Å². The molecule has 2 aliphatic heterocycles. The van der Waals surface area contributed by atoms with Gasteiger partial charge in [-0.2, -0.15) is 0 Å². The van der Waals surface area contributed by atoms with E-state index in [4.69, 9.17) is 9.72 Å². The van der Waals surface area contributed by atoms with Crippen LogP contribution in [0, 0.1) is 5.82 Å². The van der Waals surface area contributed by atoms with E-state index >= 15 is 0 Å². The molecule has 1 aliphatic carbocycles. The fourth-order valence-electron chi connectivity index (χ4n) is 5.74. The standard InChI is InChI=1S/C25H21BrFN3O6/c1-2-25(35)13-5-17-22-11(7-30(17)23(33)12(13)9-36-24(25)34)20-15(28-18(32)8-31)4-3-10-19(20)16(29-22)6-14(27)21(10)26/h5-6,15,31,35H,2-4,7-9H2,1H3,(H,28,32)/t15-,25+/m1/s1. The molecular weight excluding hydrogens is 537 g/mol. The molecule has 0 radical (unpaired) electrons. The van der Waals surface area contributed by atoms with E-state index in [2.05, 4.69) is 21.2 Å². The summed E-state index contributed by atoms with van der Waals surface area (Å²) in [5.41, 5.74) is 1.35. The summed E-state index contributed by atoms with van der Waals surface area (Å²) in [6, 6.07) is 2.42. The van der Waals surface area contributed by atoms with Crippen LogP contribution in [0.25, 0.3) is 22.3 Å². The Morgan fingerprint density at radius 3 is 2.83 bits per heavy atom. The minimum atomic E-state index is -1.96. The lowest BCUT2D eigenvalue weighted by molar-refractivity contribution is -0.172. The van der Waals surface area contributed by atoms with E-state index in [-0.39, 0.29) is 30.7 Å². The summed E-state index contributed by atoms with van der Waals surface area (Å²) in [6.45, 7) is 0.851. The van der Waals surface area contributed by atoms with Crippen LogP contribution in [-0.4, -0.2) is 38.2 Å². The molecule has 0 saturated carbocycles. The van der Waals surface area contributed by atoms with Crippen LogP contribution >= 0.6 is 15.9 Å². The van der Waals surface area contributed by atoms with Crippen molar-refractivity contribution in [1.29, 1.82) is 0 Å². The second kappa shape index (κ2) is 7.92. The van der Waals surface area contributed by atoms with Gasteiger partial charge in [-0.1, -0.05) is 6.92 Å². The summed E-state index contributed by atoms with van der Waals surface area (Å²) < 4.78 is 21.8. The molecule has 3 N–H and O–H groups in total. The highest BCUT2D eigenvalue weighted by atomic mass is 79.9. The van der Waals surface area contributed by atoms with Gasteiger partial charge in [0.1, 0.15) is 19.0 Å². The molecule has 0 spiro atoms. The molecule has 1 amide bonds. The molecule has 11 heteroatoms. The van der Waals surface area contributed by atoms with Gasteiger partial charge in [-0.25, -0.2) is 14.2 Å². The first kappa shape index (κ1) is 23.3. The van der Waals surface area contributed by atoms with Crippen LogP contribution < -0.4 is 10.9 Å². The Morgan fingerprint density at radius 1 is 1.33 bits per heavy atom. The number of cyclic esters (lactones) is 1. The molecule has 4 heterocycles. The third-order valence-corrected chi connectivity index (χ3v) is 8.38. The first-order valence-electron chi connectivity index (χ1n) is 11.6. The van der Waals surface area contributed by atoms with Crippen molar-refractivity contribution in [3.8, 4) is 11.4 Å². The summed E-state index contributed by atoms with van der Waals surface area (Å²) in [6.07, 6.45) is 0.956. The first-order chi connectivity index (χ1) is 17.2. The van der Waals surface area contributed by atoms with E-state index < -0.39 is 41.5 Å². The number of aliphatic hydroxyl groups excluding tert-OH is 1. The Bertz CT molecular complexity index is 1580. The molecule has 3 aromatic rings. The number of ether oxygens (including phenoxy) is 1. The number of aromatic nitrogens is 2. The Labute approximate surface area is 212 Å². The van der Waals surface area contributed by atoms with Gasteiger partial charge in [-0.3, -0.25) is 9.59 Å². The molecule has 1 aromatic carbocycles. The number of nitrogens with one attached hydrogen (secondary N) is 1. The normalized spacial score (nSPS) is 21.6. The predicted molar refractivity (Wildman–Crippen MR) is 128 cm³/mol. The van der Waals surface area contributed by atoms with Crippen molar-refractivity contribution in [1.82, 2.24) is 14.9 Å². The molecule has 0 saturated heterocycles. The zero-order chi connectivity index (χ0) is 25.5. The van der Waals surface area contributed by atoms with Crippen LogP contribution in [0.4, 0.5) is 4.39 Å². The number of rotatable bonds is 3. The lowest BCUT2D eigenvalue weighted by Gasteiger charge is -2.31. The Kier molecular flexibility index (Phi) is 5.12. The van der Waals surface area contributed by atoms with Gasteiger partial charge in [0, 0.05) is 22.6 Å². The maximum atomic E-state index is 14.8. The summed E-state index contributed by atoms with van der Waals surface area (Å²) in [7, 11) is 0. The third kappa shape index (κ3) is 2.99. The highest BCUT2D eigenvalue weighted by Gasteiger charge is 2.46. The molecular formula is C25H21BrFN3O6. The SMILES string of the molecule is CC[C@@]1(O)C(=O)OCc2c1cc1n(c2=O)Cc2c-1nc1cc(F)c(Br)c3c1c2[C@H](NC(=O)CO)CC3. The van der Waals surface area contributed by atoms with Crippen LogP contribution in [-0.2, 0) is 39.5 Å². The molecule has 0 fully saturated rings. The quantitative estimate of drug-likeness (QED) is 0.329. The van der Waals surface area contributed by atoms with Gasteiger partial charge in [0.15, 0.2) is 5.60 Å². The van der Waals surface area contributed by atoms with E-state index in [1.54, 1.807) is 13.0 Å².